The van der Waals surface area contributed by atoms with Gasteiger partial charge in [-0.05, 0) is 41.8 Å². The van der Waals surface area contributed by atoms with Crippen LogP contribution in [0.3, 0.4) is 0 Å². The second kappa shape index (κ2) is 8.13. The van der Waals surface area contributed by atoms with Crippen molar-refractivity contribution >= 4 is 17.6 Å². The van der Waals surface area contributed by atoms with Gasteiger partial charge >= 0.3 is 6.03 Å². The third-order valence-corrected chi connectivity index (χ3v) is 4.29. The number of pyridine rings is 1. The zero-order valence-electron chi connectivity index (χ0n) is 13.3. The van der Waals surface area contributed by atoms with Crippen molar-refractivity contribution in [1.82, 2.24) is 15.2 Å². The van der Waals surface area contributed by atoms with Crippen molar-refractivity contribution in [2.24, 2.45) is 0 Å². The van der Waals surface area contributed by atoms with Crippen molar-refractivity contribution in [3.63, 3.8) is 0 Å². The molecule has 1 fully saturated rings. The summed E-state index contributed by atoms with van der Waals surface area (Å²) in [5.74, 6) is 0. The van der Waals surface area contributed by atoms with E-state index in [1.165, 1.54) is 0 Å². The number of aromatic nitrogens is 1. The molecule has 1 aromatic heterocycles. The Bertz CT molecular complexity index is 664. The maximum atomic E-state index is 12.3. The van der Waals surface area contributed by atoms with Crippen LogP contribution in [0, 0.1) is 0 Å². The molecular weight excluding hydrogens is 326 g/mol. The number of benzene rings is 1. The molecule has 2 amide bonds. The summed E-state index contributed by atoms with van der Waals surface area (Å²) in [4.78, 5) is 18.1. The molecule has 1 atom stereocenters. The smallest absolute Gasteiger partial charge is 0.317 e. The van der Waals surface area contributed by atoms with Gasteiger partial charge in [-0.2, -0.15) is 0 Å². The fraction of sp³-hybridized carbons (Fsp3) is 0.333. The molecule has 5 nitrogen and oxygen atoms in total. The van der Waals surface area contributed by atoms with Gasteiger partial charge in [-0.25, -0.2) is 4.79 Å². The van der Waals surface area contributed by atoms with E-state index in [0.29, 0.717) is 31.3 Å². The quantitative estimate of drug-likeness (QED) is 0.926. The number of ether oxygens (including phenoxy) is 1. The Morgan fingerprint density at radius 2 is 2.00 bits per heavy atom. The molecular formula is C18H20ClN3O2. The predicted molar refractivity (Wildman–Crippen MR) is 93.1 cm³/mol. The van der Waals surface area contributed by atoms with E-state index in [0.717, 1.165) is 17.5 Å². The molecule has 1 aliphatic heterocycles. The van der Waals surface area contributed by atoms with Crippen LogP contribution in [0.2, 0.25) is 5.02 Å². The van der Waals surface area contributed by atoms with Crippen molar-refractivity contribution in [2.75, 3.05) is 26.2 Å². The summed E-state index contributed by atoms with van der Waals surface area (Å²) < 4.78 is 5.79. The van der Waals surface area contributed by atoms with Crippen LogP contribution >= 0.6 is 11.6 Å². The van der Waals surface area contributed by atoms with Crippen LogP contribution in [0.15, 0.2) is 48.8 Å². The Morgan fingerprint density at radius 1 is 1.25 bits per heavy atom. The highest BCUT2D eigenvalue weighted by atomic mass is 35.5. The minimum Gasteiger partial charge on any atom is -0.370 e. The first-order valence-electron chi connectivity index (χ1n) is 8.01. The van der Waals surface area contributed by atoms with E-state index < -0.39 is 0 Å². The number of hydrogen-bond donors (Lipinski definition) is 1. The average Bonchev–Trinajstić information content (AvgIpc) is 2.63. The van der Waals surface area contributed by atoms with E-state index >= 15 is 0 Å². The largest absolute Gasteiger partial charge is 0.370 e. The molecule has 0 spiro atoms. The summed E-state index contributed by atoms with van der Waals surface area (Å²) in [6.45, 7) is 2.28. The Labute approximate surface area is 146 Å². The molecule has 0 radical (unpaired) electrons. The van der Waals surface area contributed by atoms with Crippen LogP contribution < -0.4 is 5.32 Å². The number of carbonyl (C=O) groups is 1. The summed E-state index contributed by atoms with van der Waals surface area (Å²) in [6, 6.07) is 11.4. The van der Waals surface area contributed by atoms with E-state index in [2.05, 4.69) is 10.3 Å². The second-order valence-electron chi connectivity index (χ2n) is 5.69. The van der Waals surface area contributed by atoms with Gasteiger partial charge in [-0.1, -0.05) is 23.7 Å². The van der Waals surface area contributed by atoms with Gasteiger partial charge in [-0.15, -0.1) is 0 Å². The number of amides is 2. The van der Waals surface area contributed by atoms with Gasteiger partial charge in [0.1, 0.15) is 6.10 Å². The van der Waals surface area contributed by atoms with Crippen molar-refractivity contribution in [1.29, 1.82) is 0 Å². The number of nitrogens with one attached hydrogen (secondary N) is 1. The molecule has 0 unspecified atom stereocenters. The summed E-state index contributed by atoms with van der Waals surface area (Å²) >= 11 is 5.92. The molecule has 0 aliphatic carbocycles. The molecule has 3 rings (SSSR count). The highest BCUT2D eigenvalue weighted by Gasteiger charge is 2.25. The zero-order chi connectivity index (χ0) is 16.8. The SMILES string of the molecule is O=C(NCCc1ccncc1)N1CCO[C@H](c2ccc(Cl)cc2)C1. The lowest BCUT2D eigenvalue weighted by Crippen LogP contribution is -2.47. The Kier molecular flexibility index (Phi) is 5.67. The fourth-order valence-corrected chi connectivity index (χ4v) is 2.81. The number of urea groups is 1. The van der Waals surface area contributed by atoms with Crippen molar-refractivity contribution in [2.45, 2.75) is 12.5 Å². The van der Waals surface area contributed by atoms with Gasteiger partial charge in [0.15, 0.2) is 0 Å². The third kappa shape index (κ3) is 4.46. The van der Waals surface area contributed by atoms with Crippen LogP contribution in [0.4, 0.5) is 4.79 Å². The summed E-state index contributed by atoms with van der Waals surface area (Å²) in [6.07, 6.45) is 4.20. The predicted octanol–water partition coefficient (Wildman–Crippen LogP) is 3.06. The second-order valence-corrected chi connectivity index (χ2v) is 6.13. The summed E-state index contributed by atoms with van der Waals surface area (Å²) in [7, 11) is 0. The average molecular weight is 346 g/mol. The molecule has 126 valence electrons. The molecule has 0 saturated carbocycles. The van der Waals surface area contributed by atoms with Crippen LogP contribution in [0.5, 0.6) is 0 Å². The first-order valence-corrected chi connectivity index (χ1v) is 8.39. The van der Waals surface area contributed by atoms with Gasteiger partial charge in [0.2, 0.25) is 0 Å². The minimum atomic E-state index is -0.109. The standard InChI is InChI=1S/C18H20ClN3O2/c19-16-3-1-15(2-4-16)17-13-22(11-12-24-17)18(23)21-10-7-14-5-8-20-9-6-14/h1-6,8-9,17H,7,10-13H2,(H,21,23)/t17-/m0/s1. The molecule has 0 bridgehead atoms. The molecule has 6 heteroatoms. The first kappa shape index (κ1) is 16.7. The van der Waals surface area contributed by atoms with Gasteiger partial charge in [0.05, 0.1) is 13.2 Å². The topological polar surface area (TPSA) is 54.5 Å². The highest BCUT2D eigenvalue weighted by Crippen LogP contribution is 2.23. The lowest BCUT2D eigenvalue weighted by atomic mass is 10.1. The minimum absolute atomic E-state index is 0.0497. The van der Waals surface area contributed by atoms with Crippen LogP contribution in [0.25, 0.3) is 0 Å². The highest BCUT2D eigenvalue weighted by molar-refractivity contribution is 6.30. The van der Waals surface area contributed by atoms with Crippen molar-refractivity contribution < 1.29 is 9.53 Å². The van der Waals surface area contributed by atoms with E-state index in [1.54, 1.807) is 17.3 Å². The summed E-state index contributed by atoms with van der Waals surface area (Å²) in [5.41, 5.74) is 2.19. The van der Waals surface area contributed by atoms with Crippen LogP contribution in [-0.2, 0) is 11.2 Å². The maximum absolute atomic E-state index is 12.3. The lowest BCUT2D eigenvalue weighted by Gasteiger charge is -2.33. The van der Waals surface area contributed by atoms with Crippen molar-refractivity contribution in [3.8, 4) is 0 Å². The first-order chi connectivity index (χ1) is 11.7. The normalized spacial score (nSPS) is 17.5. The zero-order valence-corrected chi connectivity index (χ0v) is 14.1. The van der Waals surface area contributed by atoms with Crippen LogP contribution in [-0.4, -0.2) is 42.2 Å². The van der Waals surface area contributed by atoms with E-state index in [1.807, 2.05) is 36.4 Å². The monoisotopic (exact) mass is 345 g/mol. The Balaban J connectivity index is 1.50. The van der Waals surface area contributed by atoms with E-state index in [4.69, 9.17) is 16.3 Å². The molecule has 2 heterocycles. The maximum Gasteiger partial charge on any atom is 0.317 e. The van der Waals surface area contributed by atoms with E-state index in [-0.39, 0.29) is 12.1 Å². The van der Waals surface area contributed by atoms with Gasteiger partial charge in [0.25, 0.3) is 0 Å². The Morgan fingerprint density at radius 3 is 2.75 bits per heavy atom. The lowest BCUT2D eigenvalue weighted by molar-refractivity contribution is -0.0153. The molecule has 1 N–H and O–H groups in total. The number of morpholine rings is 1. The molecule has 1 aromatic carbocycles. The number of nitrogens with zero attached hydrogens (tertiary/aromatic N) is 2. The number of rotatable bonds is 4. The van der Waals surface area contributed by atoms with E-state index in [9.17, 15) is 4.79 Å². The summed E-state index contributed by atoms with van der Waals surface area (Å²) in [5, 5.41) is 3.67. The molecule has 24 heavy (non-hydrogen) atoms. The number of carbonyl (C=O) groups excluding carboxylic acids is 1. The fourth-order valence-electron chi connectivity index (χ4n) is 2.69. The van der Waals surface area contributed by atoms with Gasteiger partial charge in [-0.3, -0.25) is 4.98 Å². The third-order valence-electron chi connectivity index (χ3n) is 4.03. The van der Waals surface area contributed by atoms with Gasteiger partial charge in [0, 0.05) is 30.5 Å². The number of hydrogen-bond acceptors (Lipinski definition) is 3. The molecule has 1 aliphatic rings. The number of halogens is 1. The molecule has 1 saturated heterocycles. The Hall–Kier alpha value is -2.11. The van der Waals surface area contributed by atoms with Crippen LogP contribution in [0.1, 0.15) is 17.2 Å². The van der Waals surface area contributed by atoms with Gasteiger partial charge < -0.3 is 15.0 Å². The van der Waals surface area contributed by atoms with Crippen molar-refractivity contribution in [3.05, 3.63) is 64.9 Å². The molecule has 2 aromatic rings.